The first-order valence-corrected chi connectivity index (χ1v) is 35.9. The number of aryl methyl sites for hydroxylation is 3. The highest BCUT2D eigenvalue weighted by atomic mass is 15.0. The van der Waals surface area contributed by atoms with Crippen LogP contribution in [-0.4, -0.2) is 44.9 Å². The fourth-order valence-corrected chi connectivity index (χ4v) is 14.0. The van der Waals surface area contributed by atoms with Crippen molar-refractivity contribution in [3.8, 4) is 135 Å². The molecule has 0 spiro atoms. The molecule has 0 radical (unpaired) electrons. The Morgan fingerprint density at radius 2 is 0.500 bits per heavy atom. The zero-order valence-electron chi connectivity index (χ0n) is 59.4. The van der Waals surface area contributed by atoms with Gasteiger partial charge < -0.3 is 0 Å². The number of pyridine rings is 4. The van der Waals surface area contributed by atoms with Crippen molar-refractivity contribution in [2.45, 2.75) is 40.5 Å². The normalized spacial score (nSPS) is 11.3. The molecule has 0 fully saturated rings. The lowest BCUT2D eigenvalue weighted by molar-refractivity contribution is 0.875. The summed E-state index contributed by atoms with van der Waals surface area (Å²) in [6.45, 7) is 10.7. The van der Waals surface area contributed by atoms with Gasteiger partial charge in [-0.1, -0.05) is 305 Å². The molecule has 0 N–H and O–H groups in total. The molecular formula is C97H71N9. The molecule has 0 saturated carbocycles. The number of fused-ring (bicyclic) bond motifs is 6. The predicted molar refractivity (Wildman–Crippen MR) is 437 cm³/mol. The van der Waals surface area contributed by atoms with Crippen LogP contribution in [0, 0.1) is 20.8 Å². The first kappa shape index (κ1) is 65.7. The van der Waals surface area contributed by atoms with Crippen LogP contribution in [-0.2, 0) is 0 Å². The summed E-state index contributed by atoms with van der Waals surface area (Å²) in [5.41, 5.74) is 28.9. The van der Waals surface area contributed by atoms with E-state index < -0.39 is 0 Å². The second-order valence-electron chi connectivity index (χ2n) is 27.3. The number of benzene rings is 12. The Balaban J connectivity index is 0.000000156. The third kappa shape index (κ3) is 13.6. The van der Waals surface area contributed by atoms with Gasteiger partial charge in [0.05, 0.1) is 44.8 Å². The van der Waals surface area contributed by atoms with E-state index in [1.54, 1.807) is 0 Å². The molecule has 9 nitrogen and oxygen atoms in total. The molecule has 0 aliphatic rings. The molecule has 0 aliphatic heterocycles. The molecule has 504 valence electrons. The third-order valence-electron chi connectivity index (χ3n) is 19.7. The van der Waals surface area contributed by atoms with Crippen molar-refractivity contribution in [3.63, 3.8) is 0 Å². The van der Waals surface area contributed by atoms with Gasteiger partial charge in [0.1, 0.15) is 0 Å². The summed E-state index contributed by atoms with van der Waals surface area (Å²) >= 11 is 0. The van der Waals surface area contributed by atoms with Crippen LogP contribution < -0.4 is 0 Å². The first-order chi connectivity index (χ1) is 52.0. The van der Waals surface area contributed by atoms with Crippen molar-refractivity contribution in [2.24, 2.45) is 0 Å². The molecule has 0 saturated heterocycles. The predicted octanol–water partition coefficient (Wildman–Crippen LogP) is 24.6. The molecule has 0 atom stereocenters. The van der Waals surface area contributed by atoms with Gasteiger partial charge in [0.15, 0.2) is 23.3 Å². The zero-order valence-corrected chi connectivity index (χ0v) is 59.4. The van der Waals surface area contributed by atoms with Crippen LogP contribution in [0.5, 0.6) is 0 Å². The average Bonchev–Trinajstić information content (AvgIpc) is 0.768. The molecule has 106 heavy (non-hydrogen) atoms. The van der Waals surface area contributed by atoms with Crippen molar-refractivity contribution in [1.29, 1.82) is 0 Å². The fraction of sp³-hybridized carbons (Fsp3) is 0.0619. The van der Waals surface area contributed by atoms with E-state index in [0.29, 0.717) is 29.2 Å². The summed E-state index contributed by atoms with van der Waals surface area (Å²) in [5, 5.41) is 4.50. The summed E-state index contributed by atoms with van der Waals surface area (Å²) in [5.74, 6) is 2.93. The Kier molecular flexibility index (Phi) is 17.8. The lowest BCUT2D eigenvalue weighted by atomic mass is 9.94. The van der Waals surface area contributed by atoms with Crippen molar-refractivity contribution in [1.82, 2.24) is 44.9 Å². The number of hydrogen-bond acceptors (Lipinski definition) is 9. The van der Waals surface area contributed by atoms with E-state index in [0.717, 1.165) is 145 Å². The first-order valence-electron chi connectivity index (χ1n) is 35.9. The minimum Gasteiger partial charge on any atom is -0.251 e. The maximum absolute atomic E-state index is 5.22. The topological polar surface area (TPSA) is 116 Å². The molecule has 0 aliphatic carbocycles. The van der Waals surface area contributed by atoms with Crippen molar-refractivity contribution < 1.29 is 0 Å². The Bertz CT molecular complexity index is 6270. The molecule has 6 aromatic heterocycles. The second-order valence-corrected chi connectivity index (χ2v) is 27.3. The number of hydrogen-bond donors (Lipinski definition) is 0. The van der Waals surface area contributed by atoms with Crippen LogP contribution >= 0.6 is 0 Å². The zero-order chi connectivity index (χ0) is 71.6. The van der Waals surface area contributed by atoms with Gasteiger partial charge in [-0.2, -0.15) is 0 Å². The second kappa shape index (κ2) is 28.7. The highest BCUT2D eigenvalue weighted by Gasteiger charge is 2.19. The summed E-state index contributed by atoms with van der Waals surface area (Å²) in [6.07, 6.45) is 0. The summed E-state index contributed by atoms with van der Waals surface area (Å²) in [7, 11) is 0. The van der Waals surface area contributed by atoms with Gasteiger partial charge in [-0.05, 0) is 125 Å². The highest BCUT2D eigenvalue weighted by Crippen LogP contribution is 2.38. The minimum absolute atomic E-state index is 0.343. The van der Waals surface area contributed by atoms with Crippen molar-refractivity contribution in [2.75, 3.05) is 0 Å². The Labute approximate surface area is 616 Å². The van der Waals surface area contributed by atoms with Gasteiger partial charge in [0.25, 0.3) is 0 Å². The summed E-state index contributed by atoms with van der Waals surface area (Å²) in [4.78, 5) is 45.3. The monoisotopic (exact) mass is 1360 g/mol. The molecule has 18 aromatic rings. The molecule has 18 rings (SSSR count). The molecule has 6 heterocycles. The lowest BCUT2D eigenvalue weighted by Crippen LogP contribution is -2.00. The lowest BCUT2D eigenvalue weighted by Gasteiger charge is -2.14. The summed E-state index contributed by atoms with van der Waals surface area (Å²) in [6, 6.07) is 116. The van der Waals surface area contributed by atoms with Gasteiger partial charge >= 0.3 is 0 Å². The van der Waals surface area contributed by atoms with E-state index in [-0.39, 0.29) is 0 Å². The maximum Gasteiger partial charge on any atom is 0.164 e. The minimum atomic E-state index is 0.343. The van der Waals surface area contributed by atoms with E-state index in [1.165, 1.54) is 33.2 Å². The molecule has 0 amide bonds. The van der Waals surface area contributed by atoms with E-state index >= 15 is 0 Å². The Morgan fingerprint density at radius 3 is 0.953 bits per heavy atom. The van der Waals surface area contributed by atoms with Crippen LogP contribution in [0.25, 0.3) is 179 Å². The largest absolute Gasteiger partial charge is 0.251 e. The number of nitrogens with zero attached hydrogens (tertiary/aromatic N) is 9. The summed E-state index contributed by atoms with van der Waals surface area (Å²) < 4.78 is 0. The quantitative estimate of drug-likeness (QED) is 0.104. The maximum atomic E-state index is 5.22. The average molecular weight is 1360 g/mol. The molecule has 0 bridgehead atoms. The van der Waals surface area contributed by atoms with Gasteiger partial charge in [-0.25, -0.2) is 34.9 Å². The number of rotatable bonds is 13. The van der Waals surface area contributed by atoms with Crippen molar-refractivity contribution in [3.05, 3.63) is 356 Å². The molecule has 9 heteroatoms. The molecule has 12 aromatic carbocycles. The van der Waals surface area contributed by atoms with Crippen LogP contribution in [0.4, 0.5) is 0 Å². The van der Waals surface area contributed by atoms with Crippen molar-refractivity contribution >= 4 is 43.6 Å². The van der Waals surface area contributed by atoms with E-state index in [9.17, 15) is 0 Å². The van der Waals surface area contributed by atoms with E-state index in [4.69, 9.17) is 44.9 Å². The van der Waals surface area contributed by atoms with Crippen LogP contribution in [0.3, 0.4) is 0 Å². The Morgan fingerprint density at radius 1 is 0.198 bits per heavy atom. The van der Waals surface area contributed by atoms with E-state index in [2.05, 4.69) is 288 Å². The smallest absolute Gasteiger partial charge is 0.164 e. The van der Waals surface area contributed by atoms with Gasteiger partial charge in [-0.15, -0.1) is 0 Å². The van der Waals surface area contributed by atoms with Crippen LogP contribution in [0.1, 0.15) is 42.3 Å². The van der Waals surface area contributed by atoms with E-state index in [1.807, 2.05) is 80.6 Å². The third-order valence-corrected chi connectivity index (χ3v) is 19.7. The van der Waals surface area contributed by atoms with Gasteiger partial charge in [0.2, 0.25) is 0 Å². The van der Waals surface area contributed by atoms with Crippen LogP contribution in [0.2, 0.25) is 0 Å². The number of aromatic nitrogens is 9. The fourth-order valence-electron chi connectivity index (χ4n) is 14.0. The molecular weight excluding hydrogens is 1290 g/mol. The Hall–Kier alpha value is -13.6. The highest BCUT2D eigenvalue weighted by molar-refractivity contribution is 6.06. The van der Waals surface area contributed by atoms with Crippen LogP contribution in [0.15, 0.2) is 334 Å². The standard InChI is InChI=1S/C50H38N4.C47H33N5/c1-32(2)44-30-45(52-49-43(44)28-27-40-18-17-33(3)51-48(40)49)38-25-21-36(22-26-38)41-15-10-16-42(29-41)50-53-46(37-13-8-5-9-14-37)31-47(54-50)39-23-19-35(20-24-39)34-11-6-4-7-12-34;1-30-28-42(49-44-41(30)27-26-36-17-16-31(2)48-43(36)44)35-22-18-34(19-23-35)39-14-9-15-40(29-39)47-51-45(37-12-7-4-8-13-37)50-46(52-47)38-24-20-33(21-25-38)32-10-5-3-6-11-32/h4-32H,1-3H3;3-29H,1-2H3. The van der Waals surface area contributed by atoms with Gasteiger partial charge in [-0.3, -0.25) is 9.97 Å². The SMILES string of the molecule is Cc1ccc2ccc3c(C(C)C)cc(-c4ccc(-c5cccc(-c6nc(-c7ccccc7)cc(-c7ccc(-c8ccccc8)cc7)n6)c5)cc4)nc3c2n1.Cc1ccc2ccc3c(C)cc(-c4ccc(-c5cccc(-c6nc(-c7ccccc7)nc(-c7ccc(-c8ccccc8)cc7)n6)c5)cc4)nc3c2n1. The molecule has 0 unspecified atom stereocenters. The van der Waals surface area contributed by atoms with Gasteiger partial charge in [0, 0.05) is 77.4 Å².